The van der Waals surface area contributed by atoms with E-state index in [0.29, 0.717) is 11.5 Å². The maximum absolute atomic E-state index is 12.7. The Morgan fingerprint density at radius 1 is 1.28 bits per heavy atom. The molecular formula is C9H5F4N3OS. The highest BCUT2D eigenvalue weighted by molar-refractivity contribution is 7.07. The first kappa shape index (κ1) is 12.6. The van der Waals surface area contributed by atoms with Crippen molar-refractivity contribution in [1.29, 1.82) is 0 Å². The third kappa shape index (κ3) is 2.67. The minimum Gasteiger partial charge on any atom is -0.428 e. The summed E-state index contributed by atoms with van der Waals surface area (Å²) < 4.78 is 57.5. The zero-order valence-corrected chi connectivity index (χ0v) is 9.35. The molecule has 1 heterocycles. The zero-order chi connectivity index (χ0) is 13.3. The van der Waals surface area contributed by atoms with Crippen molar-refractivity contribution in [3.63, 3.8) is 0 Å². The first-order chi connectivity index (χ1) is 8.36. The molecule has 2 aromatic rings. The fraction of sp³-hybridized carbons (Fsp3) is 0.111. The molecular weight excluding hydrogens is 274 g/mol. The summed E-state index contributed by atoms with van der Waals surface area (Å²) in [4.78, 5) is 3.15. The van der Waals surface area contributed by atoms with E-state index in [2.05, 4.69) is 9.36 Å². The van der Waals surface area contributed by atoms with Crippen molar-refractivity contribution in [2.75, 3.05) is 5.73 Å². The number of aromatic nitrogens is 2. The van der Waals surface area contributed by atoms with Crippen LogP contribution in [0.4, 0.5) is 23.2 Å². The third-order valence-electron chi connectivity index (χ3n) is 1.83. The molecule has 2 rings (SSSR count). The van der Waals surface area contributed by atoms with Crippen molar-refractivity contribution >= 4 is 17.2 Å². The molecule has 0 unspecified atom stereocenters. The summed E-state index contributed by atoms with van der Waals surface area (Å²) in [6.45, 7) is 0. The molecule has 0 radical (unpaired) electrons. The molecule has 0 fully saturated rings. The molecule has 0 bridgehead atoms. The SMILES string of the molecule is Nc1cc(F)ccc1Oc1nc(C(F)(F)F)ns1. The lowest BCUT2D eigenvalue weighted by atomic mass is 10.3. The largest absolute Gasteiger partial charge is 0.452 e. The van der Waals surface area contributed by atoms with Crippen LogP contribution < -0.4 is 10.5 Å². The van der Waals surface area contributed by atoms with Gasteiger partial charge in [-0.2, -0.15) is 22.5 Å². The lowest BCUT2D eigenvalue weighted by Crippen LogP contribution is -2.07. The molecule has 0 saturated carbocycles. The van der Waals surface area contributed by atoms with Crippen LogP contribution in [0.15, 0.2) is 18.2 Å². The Bertz CT molecular complexity index is 569. The molecule has 1 aromatic heterocycles. The molecule has 0 aliphatic rings. The highest BCUT2D eigenvalue weighted by Crippen LogP contribution is 2.33. The normalized spacial score (nSPS) is 11.6. The fourth-order valence-electron chi connectivity index (χ4n) is 1.07. The van der Waals surface area contributed by atoms with Gasteiger partial charge in [-0.05, 0) is 12.1 Å². The molecule has 0 saturated heterocycles. The second-order valence-corrected chi connectivity index (χ2v) is 3.88. The van der Waals surface area contributed by atoms with Crippen LogP contribution in [-0.4, -0.2) is 9.36 Å². The van der Waals surface area contributed by atoms with Crippen LogP contribution in [0.1, 0.15) is 5.82 Å². The number of nitrogens with two attached hydrogens (primary N) is 1. The predicted molar refractivity (Wildman–Crippen MR) is 55.8 cm³/mol. The summed E-state index contributed by atoms with van der Waals surface area (Å²) in [6, 6.07) is 3.25. The standard InChI is InChI=1S/C9H5F4N3OS/c10-4-1-2-6(5(14)3-4)17-8-15-7(16-18-8)9(11,12)13/h1-3H,14H2. The summed E-state index contributed by atoms with van der Waals surface area (Å²) in [7, 11) is 0. The van der Waals surface area contributed by atoms with Gasteiger partial charge in [-0.15, -0.1) is 0 Å². The minimum atomic E-state index is -4.63. The van der Waals surface area contributed by atoms with Gasteiger partial charge in [0, 0.05) is 17.6 Å². The van der Waals surface area contributed by atoms with Crippen LogP contribution in [0.25, 0.3) is 0 Å². The minimum absolute atomic E-state index is 0.0151. The Balaban J connectivity index is 2.21. The Kier molecular flexibility index (Phi) is 3.07. The predicted octanol–water partition coefficient (Wildman–Crippen LogP) is 3.07. The number of ether oxygens (including phenoxy) is 1. The first-order valence-electron chi connectivity index (χ1n) is 4.50. The van der Waals surface area contributed by atoms with Gasteiger partial charge in [0.25, 0.3) is 11.0 Å². The van der Waals surface area contributed by atoms with E-state index >= 15 is 0 Å². The van der Waals surface area contributed by atoms with Crippen LogP contribution in [0.5, 0.6) is 10.9 Å². The van der Waals surface area contributed by atoms with E-state index in [1.54, 1.807) is 0 Å². The second kappa shape index (κ2) is 4.41. The average molecular weight is 279 g/mol. The Morgan fingerprint density at radius 2 is 2.00 bits per heavy atom. The summed E-state index contributed by atoms with van der Waals surface area (Å²) in [5, 5.41) is -0.319. The van der Waals surface area contributed by atoms with Crippen LogP contribution in [-0.2, 0) is 6.18 Å². The van der Waals surface area contributed by atoms with Gasteiger partial charge in [-0.3, -0.25) is 0 Å². The summed E-state index contributed by atoms with van der Waals surface area (Å²) in [6.07, 6.45) is -4.63. The van der Waals surface area contributed by atoms with Gasteiger partial charge < -0.3 is 10.5 Å². The van der Waals surface area contributed by atoms with Gasteiger partial charge in [-0.1, -0.05) is 0 Å². The van der Waals surface area contributed by atoms with Gasteiger partial charge in [-0.25, -0.2) is 4.39 Å². The molecule has 0 aliphatic carbocycles. The fourth-order valence-corrected chi connectivity index (χ4v) is 1.64. The van der Waals surface area contributed by atoms with Gasteiger partial charge in [0.2, 0.25) is 0 Å². The maximum Gasteiger partial charge on any atom is 0.452 e. The van der Waals surface area contributed by atoms with Crippen LogP contribution >= 0.6 is 11.5 Å². The molecule has 18 heavy (non-hydrogen) atoms. The molecule has 0 aliphatic heterocycles. The molecule has 4 nitrogen and oxygen atoms in total. The topological polar surface area (TPSA) is 61.0 Å². The van der Waals surface area contributed by atoms with Crippen LogP contribution in [0, 0.1) is 5.82 Å². The monoisotopic (exact) mass is 279 g/mol. The van der Waals surface area contributed by atoms with E-state index in [1.807, 2.05) is 0 Å². The summed E-state index contributed by atoms with van der Waals surface area (Å²) in [5.41, 5.74) is 5.39. The molecule has 2 N–H and O–H groups in total. The van der Waals surface area contributed by atoms with Crippen LogP contribution in [0.2, 0.25) is 0 Å². The van der Waals surface area contributed by atoms with E-state index in [4.69, 9.17) is 10.5 Å². The lowest BCUT2D eigenvalue weighted by molar-refractivity contribution is -0.144. The third-order valence-corrected chi connectivity index (χ3v) is 2.43. The van der Waals surface area contributed by atoms with Crippen molar-refractivity contribution < 1.29 is 22.3 Å². The summed E-state index contributed by atoms with van der Waals surface area (Å²) >= 11 is 0.432. The highest BCUT2D eigenvalue weighted by Gasteiger charge is 2.36. The Labute approximate surface area is 102 Å². The van der Waals surface area contributed by atoms with Crippen molar-refractivity contribution in [3.05, 3.63) is 29.8 Å². The number of nitrogen functional groups attached to an aromatic ring is 1. The Morgan fingerprint density at radius 3 is 2.56 bits per heavy atom. The number of anilines is 1. The maximum atomic E-state index is 12.7. The lowest BCUT2D eigenvalue weighted by Gasteiger charge is -2.04. The quantitative estimate of drug-likeness (QED) is 0.678. The molecule has 0 atom stereocenters. The molecule has 9 heteroatoms. The zero-order valence-electron chi connectivity index (χ0n) is 8.53. The van der Waals surface area contributed by atoms with Gasteiger partial charge in [0.1, 0.15) is 5.82 Å². The van der Waals surface area contributed by atoms with Crippen molar-refractivity contribution in [2.45, 2.75) is 6.18 Å². The van der Waals surface area contributed by atoms with Crippen LogP contribution in [0.3, 0.4) is 0 Å². The van der Waals surface area contributed by atoms with E-state index in [9.17, 15) is 17.6 Å². The Hall–Kier alpha value is -1.90. The molecule has 0 amide bonds. The van der Waals surface area contributed by atoms with E-state index < -0.39 is 17.8 Å². The van der Waals surface area contributed by atoms with Crippen molar-refractivity contribution in [2.24, 2.45) is 0 Å². The molecule has 96 valence electrons. The molecule has 1 aromatic carbocycles. The summed E-state index contributed by atoms with van der Waals surface area (Å²) in [5.74, 6) is -1.85. The van der Waals surface area contributed by atoms with Gasteiger partial charge >= 0.3 is 6.18 Å². The van der Waals surface area contributed by atoms with E-state index in [1.165, 1.54) is 6.07 Å². The van der Waals surface area contributed by atoms with Crippen molar-refractivity contribution in [1.82, 2.24) is 9.36 Å². The molecule has 0 spiro atoms. The second-order valence-electron chi connectivity index (χ2n) is 3.17. The first-order valence-corrected chi connectivity index (χ1v) is 5.27. The number of alkyl halides is 3. The number of hydrogen-bond acceptors (Lipinski definition) is 5. The number of rotatable bonds is 2. The smallest absolute Gasteiger partial charge is 0.428 e. The number of benzene rings is 1. The number of nitrogens with zero attached hydrogens (tertiary/aromatic N) is 2. The van der Waals surface area contributed by atoms with E-state index in [-0.39, 0.29) is 16.6 Å². The number of hydrogen-bond donors (Lipinski definition) is 1. The van der Waals surface area contributed by atoms with Crippen molar-refractivity contribution in [3.8, 4) is 10.9 Å². The average Bonchev–Trinajstić information content (AvgIpc) is 2.70. The highest BCUT2D eigenvalue weighted by atomic mass is 32.1. The number of halogens is 4. The van der Waals surface area contributed by atoms with E-state index in [0.717, 1.165) is 12.1 Å². The van der Waals surface area contributed by atoms with Gasteiger partial charge in [0.15, 0.2) is 5.75 Å². The van der Waals surface area contributed by atoms with Gasteiger partial charge in [0.05, 0.1) is 5.69 Å².